The monoisotopic (exact) mass is 652 g/mol. The van der Waals surface area contributed by atoms with Gasteiger partial charge in [0, 0.05) is 37.0 Å². The molecule has 1 aliphatic rings. The number of halogens is 4. The van der Waals surface area contributed by atoms with Gasteiger partial charge in [0.15, 0.2) is 5.69 Å². The number of amides is 2. The number of benzene rings is 2. The predicted molar refractivity (Wildman–Crippen MR) is 167 cm³/mol. The van der Waals surface area contributed by atoms with E-state index in [2.05, 4.69) is 20.7 Å². The van der Waals surface area contributed by atoms with Crippen LogP contribution in [0.5, 0.6) is 0 Å². The van der Waals surface area contributed by atoms with Crippen LogP contribution >= 0.6 is 0 Å². The fourth-order valence-corrected chi connectivity index (χ4v) is 5.26. The van der Waals surface area contributed by atoms with Gasteiger partial charge in [-0.15, -0.1) is 0 Å². The smallest absolute Gasteiger partial charge is 0.435 e. The zero-order valence-corrected chi connectivity index (χ0v) is 26.1. The van der Waals surface area contributed by atoms with Gasteiger partial charge in [-0.25, -0.2) is 13.9 Å². The molecule has 2 aromatic carbocycles. The Kier molecular flexibility index (Phi) is 9.66. The first kappa shape index (κ1) is 33.6. The minimum absolute atomic E-state index is 0.00126. The summed E-state index contributed by atoms with van der Waals surface area (Å²) >= 11 is 0. The Balaban J connectivity index is 1.43. The highest BCUT2D eigenvalue weighted by molar-refractivity contribution is 6.03. The van der Waals surface area contributed by atoms with Crippen molar-refractivity contribution in [2.45, 2.75) is 70.3 Å². The number of alkyl halides is 3. The third-order valence-electron chi connectivity index (χ3n) is 7.71. The van der Waals surface area contributed by atoms with Crippen LogP contribution < -0.4 is 16.4 Å². The van der Waals surface area contributed by atoms with Crippen LogP contribution in [0.2, 0.25) is 0 Å². The molecule has 2 atom stereocenters. The van der Waals surface area contributed by atoms with Gasteiger partial charge in [-0.2, -0.15) is 18.3 Å². The molecule has 2 heterocycles. The highest BCUT2D eigenvalue weighted by atomic mass is 19.4. The van der Waals surface area contributed by atoms with Crippen LogP contribution in [0.1, 0.15) is 78.8 Å². The van der Waals surface area contributed by atoms with E-state index in [4.69, 9.17) is 10.5 Å². The number of hydrogen-bond donors (Lipinski definition) is 3. The molecular weight excluding hydrogens is 616 g/mol. The maximum absolute atomic E-state index is 15.1. The minimum Gasteiger partial charge on any atom is -0.444 e. The highest BCUT2D eigenvalue weighted by Gasteiger charge is 2.36. The van der Waals surface area contributed by atoms with Crippen molar-refractivity contribution in [1.82, 2.24) is 20.1 Å². The Morgan fingerprint density at radius 2 is 1.74 bits per heavy atom. The van der Waals surface area contributed by atoms with Crippen LogP contribution in [0.4, 0.5) is 28.0 Å². The van der Waals surface area contributed by atoms with E-state index in [9.17, 15) is 22.8 Å². The Bertz CT molecular complexity index is 1730. The van der Waals surface area contributed by atoms with Gasteiger partial charge in [0.25, 0.3) is 5.91 Å². The lowest BCUT2D eigenvalue weighted by Gasteiger charge is -2.23. The molecule has 0 bridgehead atoms. The van der Waals surface area contributed by atoms with Crippen molar-refractivity contribution < 1.29 is 31.9 Å². The van der Waals surface area contributed by atoms with Crippen molar-refractivity contribution >= 4 is 17.7 Å². The van der Waals surface area contributed by atoms with Crippen LogP contribution in [-0.4, -0.2) is 38.4 Å². The number of ether oxygens (including phenoxy) is 1. The average molecular weight is 653 g/mol. The van der Waals surface area contributed by atoms with E-state index in [-0.39, 0.29) is 29.9 Å². The molecule has 5 rings (SSSR count). The summed E-state index contributed by atoms with van der Waals surface area (Å²) in [5.41, 5.74) is 5.98. The highest BCUT2D eigenvalue weighted by Crippen LogP contribution is 2.39. The van der Waals surface area contributed by atoms with Gasteiger partial charge in [0.1, 0.15) is 17.1 Å². The van der Waals surface area contributed by atoms with E-state index < -0.39 is 41.0 Å². The van der Waals surface area contributed by atoms with Crippen molar-refractivity contribution in [3.8, 4) is 5.69 Å². The van der Waals surface area contributed by atoms with Crippen LogP contribution in [0, 0.1) is 11.7 Å². The maximum Gasteiger partial charge on any atom is 0.435 e. The molecule has 1 aliphatic carbocycles. The van der Waals surface area contributed by atoms with Gasteiger partial charge < -0.3 is 21.1 Å². The molecule has 0 radical (unpaired) electrons. The summed E-state index contributed by atoms with van der Waals surface area (Å²) in [6.07, 6.45) is 0.440. The maximum atomic E-state index is 15.1. The van der Waals surface area contributed by atoms with Crippen LogP contribution in [-0.2, 0) is 17.5 Å². The molecule has 2 aromatic heterocycles. The normalized spacial score (nSPS) is 14.7. The molecule has 1 fully saturated rings. The van der Waals surface area contributed by atoms with E-state index in [1.54, 1.807) is 51.4 Å². The lowest BCUT2D eigenvalue weighted by Crippen LogP contribution is -2.32. The fourth-order valence-electron chi connectivity index (χ4n) is 5.26. The first-order valence-electron chi connectivity index (χ1n) is 15.2. The summed E-state index contributed by atoms with van der Waals surface area (Å²) in [5, 5.41) is 8.71. The van der Waals surface area contributed by atoms with E-state index in [1.807, 2.05) is 12.1 Å². The standard InChI is InChI=1S/C34H36F4N6O3/c1-33(2,3)47-32(46)41-19-20-5-4-6-24(15-20)44-29(18-30(43-44)34(36,37)38)31(45)42-28-16-23(9-10-26(28)35)25(17-27(39)22-7-8-22)21-11-13-40-14-12-21/h4-6,9-16,18,22,25,27H,7-8,17,19,39H2,1-3H3,(H,41,46)(H,42,45). The molecule has 9 nitrogen and oxygen atoms in total. The molecule has 47 heavy (non-hydrogen) atoms. The fraction of sp³-hybridized carbons (Fsp3) is 0.353. The van der Waals surface area contributed by atoms with Crippen molar-refractivity contribution in [2.75, 3.05) is 5.32 Å². The van der Waals surface area contributed by atoms with Gasteiger partial charge in [-0.1, -0.05) is 18.2 Å². The zero-order chi connectivity index (χ0) is 33.9. The summed E-state index contributed by atoms with van der Waals surface area (Å²) < 4.78 is 62.6. The number of nitrogens with zero attached hydrogens (tertiary/aromatic N) is 3. The van der Waals surface area contributed by atoms with Crippen LogP contribution in [0.15, 0.2) is 73.1 Å². The molecule has 0 spiro atoms. The topological polar surface area (TPSA) is 124 Å². The molecule has 0 saturated heterocycles. The summed E-state index contributed by atoms with van der Waals surface area (Å²) in [6, 6.07) is 14.7. The summed E-state index contributed by atoms with van der Waals surface area (Å²) in [5.74, 6) is -1.59. The second kappa shape index (κ2) is 13.5. The van der Waals surface area contributed by atoms with Crippen molar-refractivity contribution in [3.05, 3.63) is 107 Å². The Morgan fingerprint density at radius 1 is 1.02 bits per heavy atom. The molecule has 13 heteroatoms. The molecule has 2 unspecified atom stereocenters. The van der Waals surface area contributed by atoms with Gasteiger partial charge in [-0.05, 0) is 99.0 Å². The first-order chi connectivity index (χ1) is 22.2. The van der Waals surface area contributed by atoms with E-state index in [1.165, 1.54) is 24.3 Å². The van der Waals surface area contributed by atoms with Gasteiger partial charge >= 0.3 is 12.3 Å². The average Bonchev–Trinajstić information content (AvgIpc) is 3.76. The third kappa shape index (κ3) is 8.73. The first-order valence-corrected chi connectivity index (χ1v) is 15.2. The summed E-state index contributed by atoms with van der Waals surface area (Å²) in [7, 11) is 0. The van der Waals surface area contributed by atoms with Crippen LogP contribution in [0.3, 0.4) is 0 Å². The lowest BCUT2D eigenvalue weighted by molar-refractivity contribution is -0.141. The quantitative estimate of drug-likeness (QED) is 0.159. The number of carbonyl (C=O) groups is 2. The molecule has 2 amide bonds. The molecule has 4 N–H and O–H groups in total. The van der Waals surface area contributed by atoms with Crippen molar-refractivity contribution in [1.29, 1.82) is 0 Å². The molecule has 4 aromatic rings. The second-order valence-electron chi connectivity index (χ2n) is 12.6. The summed E-state index contributed by atoms with van der Waals surface area (Å²) in [4.78, 5) is 29.7. The molecule has 1 saturated carbocycles. The van der Waals surface area contributed by atoms with Crippen molar-refractivity contribution in [3.63, 3.8) is 0 Å². The molecule has 248 valence electrons. The van der Waals surface area contributed by atoms with E-state index in [0.29, 0.717) is 29.5 Å². The lowest BCUT2D eigenvalue weighted by atomic mass is 9.85. The molecule has 0 aliphatic heterocycles. The largest absolute Gasteiger partial charge is 0.444 e. The Labute approximate surface area is 269 Å². The van der Waals surface area contributed by atoms with E-state index in [0.717, 1.165) is 23.1 Å². The number of alkyl carbamates (subject to hydrolysis) is 1. The number of rotatable bonds is 10. The number of nitrogens with two attached hydrogens (primary N) is 1. The van der Waals surface area contributed by atoms with Crippen LogP contribution in [0.25, 0.3) is 5.69 Å². The van der Waals surface area contributed by atoms with Gasteiger partial charge in [0.2, 0.25) is 0 Å². The minimum atomic E-state index is -4.86. The van der Waals surface area contributed by atoms with Gasteiger partial charge in [0.05, 0.1) is 11.4 Å². The zero-order valence-electron chi connectivity index (χ0n) is 26.1. The number of hydrogen-bond acceptors (Lipinski definition) is 6. The molecular formula is C34H36F4N6O3. The van der Waals surface area contributed by atoms with Gasteiger partial charge in [-0.3, -0.25) is 9.78 Å². The Morgan fingerprint density at radius 3 is 2.40 bits per heavy atom. The number of anilines is 1. The Hall–Kier alpha value is -4.78. The number of aromatic nitrogens is 3. The SMILES string of the molecule is CC(C)(C)OC(=O)NCc1cccc(-n2nc(C(F)(F)F)cc2C(=O)Nc2cc(C(CC(N)C3CC3)c3ccncc3)ccc2F)c1. The summed E-state index contributed by atoms with van der Waals surface area (Å²) in [6.45, 7) is 5.13. The van der Waals surface area contributed by atoms with E-state index >= 15 is 4.39 Å². The van der Waals surface area contributed by atoms with Crippen molar-refractivity contribution in [2.24, 2.45) is 11.7 Å². The predicted octanol–water partition coefficient (Wildman–Crippen LogP) is 6.96. The number of nitrogens with one attached hydrogen (secondary N) is 2. The second-order valence-corrected chi connectivity index (χ2v) is 12.6. The third-order valence-corrected chi connectivity index (χ3v) is 7.71. The number of carbonyl (C=O) groups excluding carboxylic acids is 2. The number of pyridine rings is 1.